The lowest BCUT2D eigenvalue weighted by atomic mass is 9.84. The Morgan fingerprint density at radius 1 is 0.500 bits per heavy atom. The Morgan fingerprint density at radius 2 is 1.13 bits per heavy atom. The second-order valence-corrected chi connectivity index (χ2v) is 9.32. The zero-order valence-electron chi connectivity index (χ0n) is 25.1. The van der Waals surface area contributed by atoms with E-state index in [9.17, 15) is 0 Å². The third kappa shape index (κ3) is 3.07. The van der Waals surface area contributed by atoms with Crippen LogP contribution in [-0.4, -0.2) is 0 Å². The molecule has 2 nitrogen and oxygen atoms in total. The van der Waals surface area contributed by atoms with E-state index in [1.807, 2.05) is 84.9 Å². The molecule has 0 N–H and O–H groups in total. The molecule has 0 aliphatic rings. The number of hydrogen-bond donors (Lipinski definition) is 0. The molecule has 0 saturated carbocycles. The van der Waals surface area contributed by atoms with E-state index in [-0.39, 0.29) is 29.7 Å². The fraction of sp³-hybridized carbons (Fsp3) is 0. The zero-order valence-corrected chi connectivity index (χ0v) is 20.1. The van der Waals surface area contributed by atoms with E-state index >= 15 is 0 Å². The summed E-state index contributed by atoms with van der Waals surface area (Å²) in [4.78, 5) is 0. The Bertz CT molecular complexity index is 2330. The highest BCUT2D eigenvalue weighted by molar-refractivity contribution is 6.24. The Balaban J connectivity index is 1.56. The van der Waals surface area contributed by atoms with Gasteiger partial charge in [-0.25, -0.2) is 0 Å². The number of rotatable bonds is 3. The van der Waals surface area contributed by atoms with Crippen LogP contribution in [-0.2, 0) is 0 Å². The first-order valence-corrected chi connectivity index (χ1v) is 12.4. The average Bonchev–Trinajstić information content (AvgIpc) is 3.67. The first kappa shape index (κ1) is 16.6. The maximum Gasteiger partial charge on any atom is 0.143 e. The molecular weight excluding hydrogens is 464 g/mol. The van der Waals surface area contributed by atoms with Crippen molar-refractivity contribution in [2.75, 3.05) is 0 Å². The minimum Gasteiger partial charge on any atom is -0.464 e. The van der Waals surface area contributed by atoms with Crippen LogP contribution in [0.5, 0.6) is 0 Å². The van der Waals surface area contributed by atoms with Crippen LogP contribution in [0.3, 0.4) is 0 Å². The number of hydrogen-bond acceptors (Lipinski definition) is 2. The second-order valence-electron chi connectivity index (χ2n) is 9.32. The van der Waals surface area contributed by atoms with Gasteiger partial charge in [-0.15, -0.1) is 0 Å². The maximum atomic E-state index is 8.83. The van der Waals surface area contributed by atoms with Gasteiger partial charge in [-0.3, -0.25) is 0 Å². The van der Waals surface area contributed by atoms with Gasteiger partial charge in [-0.1, -0.05) is 96.9 Å². The molecule has 2 aromatic heterocycles. The molecule has 8 aromatic rings. The van der Waals surface area contributed by atoms with E-state index < -0.39 is 6.04 Å². The first-order valence-electron chi connectivity index (χ1n) is 14.9. The van der Waals surface area contributed by atoms with Crippen LogP contribution in [0.25, 0.3) is 77.1 Å². The average molecular weight is 492 g/mol. The van der Waals surface area contributed by atoms with Crippen LogP contribution < -0.4 is 0 Å². The minimum absolute atomic E-state index is 0.188. The molecular formula is C36H22O2. The van der Waals surface area contributed by atoms with Crippen molar-refractivity contribution in [3.63, 3.8) is 0 Å². The highest BCUT2D eigenvalue weighted by Gasteiger charge is 2.23. The lowest BCUT2D eigenvalue weighted by molar-refractivity contribution is 0.615. The van der Waals surface area contributed by atoms with Gasteiger partial charge < -0.3 is 8.83 Å². The Labute approximate surface area is 226 Å². The standard InChI is InChI=1S/C36H22O2/c1-2-10-23(11-3-1)33-26-12-4-6-14-28(26)34(29-15-7-5-13-27(29)33)35-30-16-8-9-17-32(30)38-36(35)25-18-19-31-24(22-25)20-21-37-31/h1-22H/i1D,2D,3D,10D,11D. The maximum absolute atomic E-state index is 8.83. The van der Waals surface area contributed by atoms with E-state index in [2.05, 4.69) is 12.1 Å². The molecule has 0 aliphatic heterocycles. The predicted molar refractivity (Wildman–Crippen MR) is 157 cm³/mol. The van der Waals surface area contributed by atoms with E-state index in [0.29, 0.717) is 5.56 Å². The summed E-state index contributed by atoms with van der Waals surface area (Å²) >= 11 is 0. The topological polar surface area (TPSA) is 26.3 Å². The lowest BCUT2D eigenvalue weighted by Gasteiger charge is -2.18. The summed E-state index contributed by atoms with van der Waals surface area (Å²) in [7, 11) is 0. The van der Waals surface area contributed by atoms with E-state index in [1.165, 1.54) is 0 Å². The van der Waals surface area contributed by atoms with Crippen molar-refractivity contribution in [3.8, 4) is 33.6 Å². The number of benzene rings is 6. The number of furan rings is 2. The van der Waals surface area contributed by atoms with Gasteiger partial charge in [0.1, 0.15) is 16.9 Å². The smallest absolute Gasteiger partial charge is 0.143 e. The van der Waals surface area contributed by atoms with Gasteiger partial charge in [0.05, 0.1) is 13.1 Å². The largest absolute Gasteiger partial charge is 0.464 e. The van der Waals surface area contributed by atoms with Gasteiger partial charge in [0, 0.05) is 27.5 Å². The van der Waals surface area contributed by atoms with Gasteiger partial charge in [-0.2, -0.15) is 0 Å². The Morgan fingerprint density at radius 3 is 1.84 bits per heavy atom. The normalized spacial score (nSPS) is 13.5. The molecule has 38 heavy (non-hydrogen) atoms. The molecule has 0 radical (unpaired) electrons. The fourth-order valence-electron chi connectivity index (χ4n) is 5.65. The molecule has 0 spiro atoms. The summed E-state index contributed by atoms with van der Waals surface area (Å²) in [6.45, 7) is 0. The van der Waals surface area contributed by atoms with Gasteiger partial charge in [0.25, 0.3) is 0 Å². The van der Waals surface area contributed by atoms with Crippen LogP contribution >= 0.6 is 0 Å². The van der Waals surface area contributed by atoms with Gasteiger partial charge in [0.15, 0.2) is 0 Å². The predicted octanol–water partition coefficient (Wildman–Crippen LogP) is 10.5. The first-order chi connectivity index (χ1) is 20.9. The number of para-hydroxylation sites is 1. The van der Waals surface area contributed by atoms with Crippen LogP contribution in [0.4, 0.5) is 0 Å². The van der Waals surface area contributed by atoms with Crippen LogP contribution in [0, 0.1) is 0 Å². The van der Waals surface area contributed by atoms with E-state index in [1.54, 1.807) is 6.26 Å². The third-order valence-corrected chi connectivity index (χ3v) is 7.24. The summed E-state index contributed by atoms with van der Waals surface area (Å²) in [5.74, 6) is 0.718. The summed E-state index contributed by atoms with van der Waals surface area (Å²) in [6, 6.07) is 30.1. The summed E-state index contributed by atoms with van der Waals surface area (Å²) in [6.07, 6.45) is 1.67. The van der Waals surface area contributed by atoms with Crippen LogP contribution in [0.15, 0.2) is 142 Å². The van der Waals surface area contributed by atoms with E-state index in [4.69, 9.17) is 15.7 Å². The quantitative estimate of drug-likeness (QED) is 0.230. The minimum atomic E-state index is -0.409. The molecule has 6 aromatic carbocycles. The summed E-state index contributed by atoms with van der Waals surface area (Å²) < 4.78 is 54.8. The summed E-state index contributed by atoms with van der Waals surface area (Å²) in [5.41, 5.74) is 5.13. The van der Waals surface area contributed by atoms with E-state index in [0.717, 1.165) is 65.9 Å². The van der Waals surface area contributed by atoms with Crippen molar-refractivity contribution in [1.29, 1.82) is 0 Å². The molecule has 2 heterocycles. The van der Waals surface area contributed by atoms with Crippen molar-refractivity contribution in [2.24, 2.45) is 0 Å². The van der Waals surface area contributed by atoms with Crippen molar-refractivity contribution in [3.05, 3.63) is 134 Å². The Hall–Kier alpha value is -5.08. The molecule has 0 aliphatic carbocycles. The van der Waals surface area contributed by atoms with Crippen LogP contribution in [0.1, 0.15) is 6.85 Å². The van der Waals surface area contributed by atoms with Crippen molar-refractivity contribution < 1.29 is 15.7 Å². The highest BCUT2D eigenvalue weighted by Crippen LogP contribution is 2.49. The van der Waals surface area contributed by atoms with Crippen molar-refractivity contribution >= 4 is 43.5 Å². The monoisotopic (exact) mass is 491 g/mol. The Kier molecular flexibility index (Phi) is 3.60. The molecule has 0 amide bonds. The molecule has 2 heteroatoms. The number of fused-ring (bicyclic) bond motifs is 4. The molecule has 0 unspecified atom stereocenters. The molecule has 178 valence electrons. The molecule has 8 rings (SSSR count). The van der Waals surface area contributed by atoms with Crippen molar-refractivity contribution in [1.82, 2.24) is 0 Å². The fourth-order valence-corrected chi connectivity index (χ4v) is 5.65. The second kappa shape index (κ2) is 8.22. The SMILES string of the molecule is [2H]c1c([2H])c([2H])c(-c2c3ccccc3c(-c3c(-c4ccc5occc5c4)oc4ccccc34)c3ccccc23)c([2H])c1[2H]. The molecule has 0 saturated heterocycles. The summed E-state index contributed by atoms with van der Waals surface area (Å²) in [5, 5.41) is 5.28. The van der Waals surface area contributed by atoms with Gasteiger partial charge in [0.2, 0.25) is 0 Å². The third-order valence-electron chi connectivity index (χ3n) is 7.24. The van der Waals surface area contributed by atoms with Crippen molar-refractivity contribution in [2.45, 2.75) is 0 Å². The molecule has 0 bridgehead atoms. The molecule has 0 fully saturated rings. The molecule has 0 atom stereocenters. The lowest BCUT2D eigenvalue weighted by Crippen LogP contribution is -1.91. The van der Waals surface area contributed by atoms with Gasteiger partial charge >= 0.3 is 0 Å². The zero-order chi connectivity index (χ0) is 29.4. The van der Waals surface area contributed by atoms with Crippen LogP contribution in [0.2, 0.25) is 0 Å². The van der Waals surface area contributed by atoms with Gasteiger partial charge in [-0.05, 0) is 63.0 Å². The highest BCUT2D eigenvalue weighted by atomic mass is 16.3.